The summed E-state index contributed by atoms with van der Waals surface area (Å²) in [4.78, 5) is 28.9. The highest BCUT2D eigenvalue weighted by Crippen LogP contribution is 2.31. The number of nitrogens with one attached hydrogen (secondary N) is 1. The molecule has 7 nitrogen and oxygen atoms in total. The predicted octanol–water partition coefficient (Wildman–Crippen LogP) is 3.61. The highest BCUT2D eigenvalue weighted by atomic mass is 16.5. The predicted molar refractivity (Wildman–Crippen MR) is 113 cm³/mol. The van der Waals surface area contributed by atoms with Gasteiger partial charge in [-0.25, -0.2) is 4.98 Å². The number of hydrogen-bond acceptors (Lipinski definition) is 5. The lowest BCUT2D eigenvalue weighted by molar-refractivity contribution is -0.116. The zero-order valence-corrected chi connectivity index (χ0v) is 16.7. The minimum atomic E-state index is -0.325. The molecule has 0 saturated heterocycles. The Kier molecular flexibility index (Phi) is 6.84. The number of nitrogens with zero attached hydrogens (tertiary/aromatic N) is 2. The number of amides is 1. The Morgan fingerprint density at radius 2 is 1.76 bits per heavy atom. The van der Waals surface area contributed by atoms with Crippen molar-refractivity contribution in [2.75, 3.05) is 18.5 Å². The van der Waals surface area contributed by atoms with Crippen molar-refractivity contribution in [1.29, 1.82) is 0 Å². The second-order valence-electron chi connectivity index (χ2n) is 6.58. The van der Waals surface area contributed by atoms with Gasteiger partial charge >= 0.3 is 0 Å². The van der Waals surface area contributed by atoms with E-state index in [4.69, 9.17) is 9.47 Å². The van der Waals surface area contributed by atoms with Gasteiger partial charge in [-0.2, -0.15) is 0 Å². The van der Waals surface area contributed by atoms with Crippen molar-refractivity contribution in [3.63, 3.8) is 0 Å². The van der Waals surface area contributed by atoms with Crippen LogP contribution in [0.1, 0.15) is 26.7 Å². The summed E-state index contributed by atoms with van der Waals surface area (Å²) in [5.74, 6) is 0.923. The second kappa shape index (κ2) is 9.73. The van der Waals surface area contributed by atoms with E-state index in [0.717, 1.165) is 12.8 Å². The summed E-state index contributed by atoms with van der Waals surface area (Å²) in [6.45, 7) is 5.09. The monoisotopic (exact) mass is 395 g/mol. The average Bonchev–Trinajstić information content (AvgIpc) is 2.73. The molecule has 152 valence electrons. The maximum absolute atomic E-state index is 12.6. The van der Waals surface area contributed by atoms with Crippen LogP contribution in [0.3, 0.4) is 0 Å². The molecular weight excluding hydrogens is 370 g/mol. The Balaban J connectivity index is 1.78. The Morgan fingerprint density at radius 3 is 2.52 bits per heavy atom. The third kappa shape index (κ3) is 5.13. The van der Waals surface area contributed by atoms with Crippen molar-refractivity contribution in [3.05, 3.63) is 59.0 Å². The van der Waals surface area contributed by atoms with Crippen LogP contribution < -0.4 is 20.3 Å². The fourth-order valence-corrected chi connectivity index (χ4v) is 2.86. The van der Waals surface area contributed by atoms with E-state index >= 15 is 0 Å². The van der Waals surface area contributed by atoms with E-state index in [9.17, 15) is 9.59 Å². The van der Waals surface area contributed by atoms with Crippen molar-refractivity contribution in [2.45, 2.75) is 33.2 Å². The third-order valence-corrected chi connectivity index (χ3v) is 4.21. The van der Waals surface area contributed by atoms with Crippen LogP contribution in [-0.2, 0) is 11.3 Å². The van der Waals surface area contributed by atoms with E-state index in [1.807, 2.05) is 26.0 Å². The molecule has 1 amide bonds. The number of carbonyl (C=O) groups excluding carboxylic acids is 1. The maximum atomic E-state index is 12.6. The lowest BCUT2D eigenvalue weighted by Gasteiger charge is -2.14. The van der Waals surface area contributed by atoms with E-state index < -0.39 is 0 Å². The van der Waals surface area contributed by atoms with Crippen LogP contribution >= 0.6 is 0 Å². The molecule has 0 spiro atoms. The minimum Gasteiger partial charge on any atom is -0.490 e. The van der Waals surface area contributed by atoms with Gasteiger partial charge in [0, 0.05) is 11.8 Å². The molecule has 0 aliphatic carbocycles. The molecular formula is C22H25N3O4. The quantitative estimate of drug-likeness (QED) is 0.598. The Hall–Kier alpha value is -3.35. The molecule has 1 aromatic heterocycles. The number of rotatable bonds is 9. The lowest BCUT2D eigenvalue weighted by atomic mass is 10.2. The molecule has 3 rings (SSSR count). The van der Waals surface area contributed by atoms with Gasteiger partial charge < -0.3 is 14.8 Å². The number of fused-ring (bicyclic) bond motifs is 1. The van der Waals surface area contributed by atoms with Gasteiger partial charge in [0.05, 0.1) is 30.4 Å². The molecule has 0 aliphatic rings. The first kappa shape index (κ1) is 20.4. The number of aromatic nitrogens is 2. The Labute approximate surface area is 169 Å². The van der Waals surface area contributed by atoms with Gasteiger partial charge in [0.2, 0.25) is 5.91 Å². The van der Waals surface area contributed by atoms with Crippen molar-refractivity contribution < 1.29 is 14.3 Å². The number of anilines is 1. The minimum absolute atomic E-state index is 0.110. The fourth-order valence-electron chi connectivity index (χ4n) is 2.86. The highest BCUT2D eigenvalue weighted by molar-refractivity contribution is 5.91. The van der Waals surface area contributed by atoms with Gasteiger partial charge in [0.15, 0.2) is 11.5 Å². The molecule has 0 unspecified atom stereocenters. The summed E-state index contributed by atoms with van der Waals surface area (Å²) in [6.07, 6.45) is 2.98. The molecule has 0 fully saturated rings. The van der Waals surface area contributed by atoms with Gasteiger partial charge in [0.25, 0.3) is 5.56 Å². The van der Waals surface area contributed by atoms with Crippen LogP contribution in [0, 0.1) is 0 Å². The van der Waals surface area contributed by atoms with E-state index in [-0.39, 0.29) is 18.0 Å². The van der Waals surface area contributed by atoms with Crippen LogP contribution in [0.2, 0.25) is 0 Å². The van der Waals surface area contributed by atoms with Crippen LogP contribution in [0.4, 0.5) is 5.69 Å². The summed E-state index contributed by atoms with van der Waals surface area (Å²) in [5, 5.41) is 2.83. The smallest absolute Gasteiger partial charge is 0.269 e. The molecule has 2 aromatic carbocycles. The van der Waals surface area contributed by atoms with Gasteiger partial charge in [0.1, 0.15) is 6.54 Å². The van der Waals surface area contributed by atoms with Crippen molar-refractivity contribution in [3.8, 4) is 11.5 Å². The van der Waals surface area contributed by atoms with Crippen LogP contribution in [0.25, 0.3) is 11.0 Å². The molecule has 1 heterocycles. The van der Waals surface area contributed by atoms with E-state index in [0.29, 0.717) is 41.4 Å². The number of ether oxygens (including phenoxy) is 2. The van der Waals surface area contributed by atoms with Crippen LogP contribution in [-0.4, -0.2) is 28.7 Å². The zero-order valence-electron chi connectivity index (χ0n) is 16.7. The van der Waals surface area contributed by atoms with E-state index in [2.05, 4.69) is 10.3 Å². The first-order chi connectivity index (χ1) is 14.1. The normalized spacial score (nSPS) is 10.7. The first-order valence-electron chi connectivity index (χ1n) is 9.76. The maximum Gasteiger partial charge on any atom is 0.269 e. The lowest BCUT2D eigenvalue weighted by Crippen LogP contribution is -2.28. The second-order valence-corrected chi connectivity index (χ2v) is 6.58. The highest BCUT2D eigenvalue weighted by Gasteiger charge is 2.12. The molecule has 0 atom stereocenters. The zero-order chi connectivity index (χ0) is 20.6. The molecule has 7 heteroatoms. The summed E-state index contributed by atoms with van der Waals surface area (Å²) in [5.41, 5.74) is 1.53. The molecule has 29 heavy (non-hydrogen) atoms. The molecule has 1 N–H and O–H groups in total. The summed E-state index contributed by atoms with van der Waals surface area (Å²) in [6, 6.07) is 12.5. The van der Waals surface area contributed by atoms with Gasteiger partial charge in [-0.05, 0) is 37.1 Å². The topological polar surface area (TPSA) is 82.5 Å². The third-order valence-electron chi connectivity index (χ3n) is 4.21. The average molecular weight is 395 g/mol. The number of benzene rings is 2. The molecule has 0 bridgehead atoms. The largest absolute Gasteiger partial charge is 0.490 e. The Morgan fingerprint density at radius 1 is 1.03 bits per heavy atom. The van der Waals surface area contributed by atoms with Crippen molar-refractivity contribution in [1.82, 2.24) is 9.55 Å². The number of carbonyl (C=O) groups is 1. The molecule has 0 aliphatic heterocycles. The van der Waals surface area contributed by atoms with Crippen molar-refractivity contribution >= 4 is 22.6 Å². The summed E-state index contributed by atoms with van der Waals surface area (Å²) >= 11 is 0. The van der Waals surface area contributed by atoms with Crippen LogP contribution in [0.5, 0.6) is 11.5 Å². The van der Waals surface area contributed by atoms with Crippen molar-refractivity contribution in [2.24, 2.45) is 0 Å². The Bertz CT molecular complexity index is 1050. The summed E-state index contributed by atoms with van der Waals surface area (Å²) in [7, 11) is 0. The molecule has 0 saturated carbocycles. The van der Waals surface area contributed by atoms with Gasteiger partial charge in [-0.3, -0.25) is 14.2 Å². The standard InChI is InChI=1S/C22H25N3O4/c1-3-11-28-19-10-9-16(13-20(19)29-12-4-2)24-21(26)15-25-18-8-6-5-7-17(18)23-14-22(25)27/h5-10,13-14H,3-4,11-12,15H2,1-2H3,(H,24,26). The van der Waals surface area contributed by atoms with E-state index in [1.165, 1.54) is 10.8 Å². The summed E-state index contributed by atoms with van der Waals surface area (Å²) < 4.78 is 12.9. The fraction of sp³-hybridized carbons (Fsp3) is 0.318. The molecule has 3 aromatic rings. The number of hydrogen-bond donors (Lipinski definition) is 1. The van der Waals surface area contributed by atoms with E-state index in [1.54, 1.807) is 30.3 Å². The first-order valence-corrected chi connectivity index (χ1v) is 9.76. The van der Waals surface area contributed by atoms with Crippen LogP contribution in [0.15, 0.2) is 53.5 Å². The molecule has 0 radical (unpaired) electrons. The van der Waals surface area contributed by atoms with Gasteiger partial charge in [-0.15, -0.1) is 0 Å². The SMILES string of the molecule is CCCOc1ccc(NC(=O)Cn2c(=O)cnc3ccccc32)cc1OCCC. The number of para-hydroxylation sites is 2. The van der Waals surface area contributed by atoms with Gasteiger partial charge in [-0.1, -0.05) is 26.0 Å².